The van der Waals surface area contributed by atoms with Crippen LogP contribution >= 0.6 is 23.2 Å². The number of carbonyl (C=O) groups excluding carboxylic acids is 2. The first kappa shape index (κ1) is 25.1. The van der Waals surface area contributed by atoms with E-state index in [2.05, 4.69) is 10.4 Å². The Bertz CT molecular complexity index is 1210. The molecule has 184 valence electrons. The molecule has 9 heteroatoms. The molecule has 1 N–H and O–H groups in total. The van der Waals surface area contributed by atoms with Gasteiger partial charge in [0.05, 0.1) is 23.1 Å². The lowest BCUT2D eigenvalue weighted by atomic mass is 9.90. The SMILES string of the molecule is CC(C)(C)OC(=O)N1CCC(c2c(C(=O)Nc3cccc(Cl)c3)cnn2-c2ccc(Cl)cc2)CC1. The third kappa shape index (κ3) is 6.16. The van der Waals surface area contributed by atoms with E-state index >= 15 is 0 Å². The average molecular weight is 515 g/mol. The Morgan fingerprint density at radius 1 is 1.03 bits per heavy atom. The Morgan fingerprint density at radius 2 is 1.71 bits per heavy atom. The van der Waals surface area contributed by atoms with Crippen molar-refractivity contribution in [3.63, 3.8) is 0 Å². The number of nitrogens with one attached hydrogen (secondary N) is 1. The summed E-state index contributed by atoms with van der Waals surface area (Å²) in [6, 6.07) is 14.3. The number of rotatable bonds is 4. The number of likely N-dealkylation sites (tertiary alicyclic amines) is 1. The second-order valence-electron chi connectivity index (χ2n) is 9.54. The van der Waals surface area contributed by atoms with Crippen molar-refractivity contribution in [2.45, 2.75) is 45.1 Å². The van der Waals surface area contributed by atoms with Crippen LogP contribution in [0, 0.1) is 0 Å². The highest BCUT2D eigenvalue weighted by Gasteiger charge is 2.32. The lowest BCUT2D eigenvalue weighted by Gasteiger charge is -2.34. The zero-order chi connectivity index (χ0) is 25.2. The van der Waals surface area contributed by atoms with Gasteiger partial charge in [-0.2, -0.15) is 5.10 Å². The van der Waals surface area contributed by atoms with E-state index in [9.17, 15) is 9.59 Å². The molecule has 0 radical (unpaired) electrons. The van der Waals surface area contributed by atoms with E-state index in [1.807, 2.05) is 32.9 Å². The van der Waals surface area contributed by atoms with Gasteiger partial charge in [-0.3, -0.25) is 4.79 Å². The number of carbonyl (C=O) groups is 2. The number of aromatic nitrogens is 2. The molecule has 1 fully saturated rings. The van der Waals surface area contributed by atoms with E-state index in [0.717, 1.165) is 11.4 Å². The fourth-order valence-corrected chi connectivity index (χ4v) is 4.46. The van der Waals surface area contributed by atoms with E-state index in [1.165, 1.54) is 0 Å². The lowest BCUT2D eigenvalue weighted by Crippen LogP contribution is -2.41. The van der Waals surface area contributed by atoms with Gasteiger partial charge in [0.25, 0.3) is 5.91 Å². The molecule has 0 saturated carbocycles. The number of ether oxygens (including phenoxy) is 1. The maximum Gasteiger partial charge on any atom is 0.410 e. The highest BCUT2D eigenvalue weighted by atomic mass is 35.5. The first-order valence-corrected chi connectivity index (χ1v) is 12.2. The standard InChI is InChI=1S/C26H28Cl2N4O3/c1-26(2,3)35-25(34)31-13-11-17(12-14-31)23-22(24(33)30-20-6-4-5-19(28)15-20)16-29-32(23)21-9-7-18(27)8-10-21/h4-10,15-17H,11-14H2,1-3H3,(H,30,33). The second kappa shape index (κ2) is 10.3. The normalized spacial score (nSPS) is 14.6. The second-order valence-corrected chi connectivity index (χ2v) is 10.4. The Labute approximate surface area is 215 Å². The van der Waals surface area contributed by atoms with Crippen molar-refractivity contribution in [2.24, 2.45) is 0 Å². The fraction of sp³-hybridized carbons (Fsp3) is 0.346. The molecule has 2 aromatic carbocycles. The number of amides is 2. The molecule has 7 nitrogen and oxygen atoms in total. The number of hydrogen-bond donors (Lipinski definition) is 1. The van der Waals surface area contributed by atoms with Crippen LogP contribution in [0.3, 0.4) is 0 Å². The first-order valence-electron chi connectivity index (χ1n) is 11.5. The van der Waals surface area contributed by atoms with Gasteiger partial charge in [-0.05, 0) is 76.1 Å². The molecule has 0 aliphatic carbocycles. The predicted molar refractivity (Wildman–Crippen MR) is 138 cm³/mol. The molecule has 1 saturated heterocycles. The van der Waals surface area contributed by atoms with Crippen LogP contribution in [0.15, 0.2) is 54.7 Å². The van der Waals surface area contributed by atoms with Crippen molar-refractivity contribution >= 4 is 40.9 Å². The number of hydrogen-bond acceptors (Lipinski definition) is 4. The quantitative estimate of drug-likeness (QED) is 0.428. The summed E-state index contributed by atoms with van der Waals surface area (Å²) >= 11 is 12.2. The van der Waals surface area contributed by atoms with Crippen LogP contribution in [-0.4, -0.2) is 45.4 Å². The van der Waals surface area contributed by atoms with E-state index in [1.54, 1.807) is 52.2 Å². The zero-order valence-electron chi connectivity index (χ0n) is 19.9. The van der Waals surface area contributed by atoms with Crippen molar-refractivity contribution in [3.05, 3.63) is 76.0 Å². The molecule has 1 aromatic heterocycles. The molecule has 1 aliphatic heterocycles. The molecule has 2 heterocycles. The van der Waals surface area contributed by atoms with Crippen LogP contribution in [0.25, 0.3) is 5.69 Å². The Morgan fingerprint density at radius 3 is 2.34 bits per heavy atom. The van der Waals surface area contributed by atoms with Gasteiger partial charge >= 0.3 is 6.09 Å². The topological polar surface area (TPSA) is 76.5 Å². The van der Waals surface area contributed by atoms with Crippen LogP contribution in [0.4, 0.5) is 10.5 Å². The molecule has 3 aromatic rings. The number of benzene rings is 2. The van der Waals surface area contributed by atoms with Gasteiger partial charge in [0.15, 0.2) is 0 Å². The number of piperidine rings is 1. The van der Waals surface area contributed by atoms with Crippen molar-refractivity contribution in [1.29, 1.82) is 0 Å². The minimum absolute atomic E-state index is 0.0203. The van der Waals surface area contributed by atoms with Crippen LogP contribution in [0.5, 0.6) is 0 Å². The van der Waals surface area contributed by atoms with E-state index in [-0.39, 0.29) is 17.9 Å². The summed E-state index contributed by atoms with van der Waals surface area (Å²) in [5, 5.41) is 8.63. The van der Waals surface area contributed by atoms with Crippen molar-refractivity contribution in [1.82, 2.24) is 14.7 Å². The number of anilines is 1. The van der Waals surface area contributed by atoms with Gasteiger partial charge in [-0.25, -0.2) is 9.48 Å². The molecule has 0 bridgehead atoms. The Balaban J connectivity index is 1.61. The van der Waals surface area contributed by atoms with Crippen molar-refractivity contribution in [3.8, 4) is 5.69 Å². The molecular weight excluding hydrogens is 487 g/mol. The van der Waals surface area contributed by atoms with E-state index in [4.69, 9.17) is 27.9 Å². The summed E-state index contributed by atoms with van der Waals surface area (Å²) in [5.41, 5.74) is 2.15. The monoisotopic (exact) mass is 514 g/mol. The minimum atomic E-state index is -0.549. The average Bonchev–Trinajstić information content (AvgIpc) is 3.24. The largest absolute Gasteiger partial charge is 0.444 e. The third-order valence-corrected chi connectivity index (χ3v) is 6.23. The summed E-state index contributed by atoms with van der Waals surface area (Å²) < 4.78 is 7.32. The van der Waals surface area contributed by atoms with E-state index < -0.39 is 5.60 Å². The molecule has 4 rings (SSSR count). The van der Waals surface area contributed by atoms with Gasteiger partial charge in [-0.1, -0.05) is 29.3 Å². The molecule has 2 amide bonds. The summed E-state index contributed by atoms with van der Waals surface area (Å²) in [4.78, 5) is 27.6. The summed E-state index contributed by atoms with van der Waals surface area (Å²) in [7, 11) is 0. The summed E-state index contributed by atoms with van der Waals surface area (Å²) in [5.74, 6) is -0.246. The molecule has 35 heavy (non-hydrogen) atoms. The van der Waals surface area contributed by atoms with Crippen molar-refractivity contribution < 1.29 is 14.3 Å². The van der Waals surface area contributed by atoms with Crippen LogP contribution in [0.2, 0.25) is 10.0 Å². The fourth-order valence-electron chi connectivity index (χ4n) is 4.14. The summed E-state index contributed by atoms with van der Waals surface area (Å²) in [6.07, 6.45) is 2.62. The predicted octanol–water partition coefficient (Wildman–Crippen LogP) is 6.55. The highest BCUT2D eigenvalue weighted by Crippen LogP contribution is 2.33. The van der Waals surface area contributed by atoms with Crippen LogP contribution < -0.4 is 5.32 Å². The lowest BCUT2D eigenvalue weighted by molar-refractivity contribution is 0.0203. The maximum absolute atomic E-state index is 13.3. The molecule has 1 aliphatic rings. The van der Waals surface area contributed by atoms with Gasteiger partial charge in [0.2, 0.25) is 0 Å². The van der Waals surface area contributed by atoms with Gasteiger partial charge in [0.1, 0.15) is 5.60 Å². The smallest absolute Gasteiger partial charge is 0.410 e. The van der Waals surface area contributed by atoms with Crippen LogP contribution in [0.1, 0.15) is 55.6 Å². The number of halogens is 2. The number of nitrogens with zero attached hydrogens (tertiary/aromatic N) is 3. The van der Waals surface area contributed by atoms with Gasteiger partial charge in [-0.15, -0.1) is 0 Å². The van der Waals surface area contributed by atoms with Gasteiger partial charge in [0, 0.05) is 34.7 Å². The van der Waals surface area contributed by atoms with Crippen LogP contribution in [-0.2, 0) is 4.74 Å². The first-order chi connectivity index (χ1) is 16.6. The Hall–Kier alpha value is -3.03. The minimum Gasteiger partial charge on any atom is -0.444 e. The molecule has 0 atom stereocenters. The molecule has 0 unspecified atom stereocenters. The zero-order valence-corrected chi connectivity index (χ0v) is 21.4. The van der Waals surface area contributed by atoms with Crippen molar-refractivity contribution in [2.75, 3.05) is 18.4 Å². The van der Waals surface area contributed by atoms with E-state index in [0.29, 0.717) is 47.2 Å². The Kier molecular flexibility index (Phi) is 7.38. The highest BCUT2D eigenvalue weighted by molar-refractivity contribution is 6.31. The summed E-state index contributed by atoms with van der Waals surface area (Å²) in [6.45, 7) is 6.62. The molecule has 0 spiro atoms. The maximum atomic E-state index is 13.3. The van der Waals surface area contributed by atoms with Gasteiger partial charge < -0.3 is 15.0 Å². The third-order valence-electron chi connectivity index (χ3n) is 5.74. The molecular formula is C26H28Cl2N4O3.